The van der Waals surface area contributed by atoms with E-state index in [4.69, 9.17) is 5.73 Å². The average Bonchev–Trinajstić information content (AvgIpc) is 3.17. The molecule has 2 amide bonds. The first-order valence-corrected chi connectivity index (χ1v) is 9.39. The summed E-state index contributed by atoms with van der Waals surface area (Å²) in [5.41, 5.74) is 8.56. The minimum atomic E-state index is -0.269. The third-order valence-corrected chi connectivity index (χ3v) is 5.98. The van der Waals surface area contributed by atoms with Gasteiger partial charge in [0, 0.05) is 23.8 Å². The molecule has 2 aliphatic rings. The fraction of sp³-hybridized carbons (Fsp3) is 0.737. The minimum absolute atomic E-state index is 0.0286. The standard InChI is InChI=1S/C19H30N4O2/c1-10(2)9-23-12(4)15(11(3)22-23)8-16(24)21-18-14-6-5-13(7-14)17(18)19(20)25/h10,13-14,17-18H,5-9H2,1-4H3,(H2,20,25)(H,21,24). The topological polar surface area (TPSA) is 90.0 Å². The number of carbonyl (C=O) groups excluding carboxylic acids is 2. The second-order valence-corrected chi connectivity index (χ2v) is 8.26. The molecule has 0 radical (unpaired) electrons. The van der Waals surface area contributed by atoms with Gasteiger partial charge in [-0.25, -0.2) is 0 Å². The maximum atomic E-state index is 12.6. The number of fused-ring (bicyclic) bond motifs is 2. The molecule has 4 unspecified atom stereocenters. The van der Waals surface area contributed by atoms with Gasteiger partial charge in [0.1, 0.15) is 0 Å². The van der Waals surface area contributed by atoms with E-state index >= 15 is 0 Å². The highest BCUT2D eigenvalue weighted by molar-refractivity contribution is 5.82. The predicted molar refractivity (Wildman–Crippen MR) is 95.7 cm³/mol. The molecule has 1 heterocycles. The highest BCUT2D eigenvalue weighted by Gasteiger charge is 2.50. The van der Waals surface area contributed by atoms with E-state index in [2.05, 4.69) is 24.3 Å². The van der Waals surface area contributed by atoms with Crippen molar-refractivity contribution < 1.29 is 9.59 Å². The van der Waals surface area contributed by atoms with Gasteiger partial charge in [-0.15, -0.1) is 0 Å². The molecule has 1 aromatic rings. The summed E-state index contributed by atoms with van der Waals surface area (Å²) in [6.07, 6.45) is 3.48. The van der Waals surface area contributed by atoms with Crippen molar-refractivity contribution in [1.82, 2.24) is 15.1 Å². The van der Waals surface area contributed by atoms with Crippen LogP contribution in [0.2, 0.25) is 0 Å². The number of amides is 2. The Morgan fingerprint density at radius 3 is 2.60 bits per heavy atom. The lowest BCUT2D eigenvalue weighted by atomic mass is 9.84. The normalized spacial score (nSPS) is 27.9. The van der Waals surface area contributed by atoms with Crippen molar-refractivity contribution >= 4 is 11.8 Å². The molecule has 0 spiro atoms. The maximum absolute atomic E-state index is 12.6. The lowest BCUT2D eigenvalue weighted by molar-refractivity contribution is -0.126. The SMILES string of the molecule is Cc1nn(CC(C)C)c(C)c1CC(=O)NC1C2CCC(C2)C1C(N)=O. The van der Waals surface area contributed by atoms with Crippen LogP contribution in [0, 0.1) is 37.5 Å². The van der Waals surface area contributed by atoms with Crippen LogP contribution in [0.5, 0.6) is 0 Å². The molecule has 138 valence electrons. The smallest absolute Gasteiger partial charge is 0.224 e. The number of primary amides is 1. The van der Waals surface area contributed by atoms with Gasteiger partial charge < -0.3 is 11.1 Å². The summed E-state index contributed by atoms with van der Waals surface area (Å²) in [4.78, 5) is 24.5. The molecule has 0 saturated heterocycles. The minimum Gasteiger partial charge on any atom is -0.369 e. The number of aryl methyl sites for hydroxylation is 1. The van der Waals surface area contributed by atoms with Gasteiger partial charge in [0.2, 0.25) is 11.8 Å². The number of nitrogens with one attached hydrogen (secondary N) is 1. The van der Waals surface area contributed by atoms with Crippen molar-refractivity contribution in [2.75, 3.05) is 0 Å². The quantitative estimate of drug-likeness (QED) is 0.822. The number of aromatic nitrogens is 2. The van der Waals surface area contributed by atoms with Crippen molar-refractivity contribution in [3.63, 3.8) is 0 Å². The Hall–Kier alpha value is -1.85. The first-order chi connectivity index (χ1) is 11.8. The summed E-state index contributed by atoms with van der Waals surface area (Å²) < 4.78 is 1.99. The first kappa shape index (κ1) is 18.0. The van der Waals surface area contributed by atoms with E-state index in [0.29, 0.717) is 24.2 Å². The molecular weight excluding hydrogens is 316 g/mol. The van der Waals surface area contributed by atoms with Gasteiger partial charge in [0.25, 0.3) is 0 Å². The second-order valence-electron chi connectivity index (χ2n) is 8.26. The molecule has 0 aromatic carbocycles. The Kier molecular flexibility index (Phi) is 4.89. The van der Waals surface area contributed by atoms with Gasteiger partial charge in [0.05, 0.1) is 18.0 Å². The predicted octanol–water partition coefficient (Wildman–Crippen LogP) is 1.71. The third kappa shape index (κ3) is 3.44. The summed E-state index contributed by atoms with van der Waals surface area (Å²) >= 11 is 0. The number of rotatable bonds is 6. The Bertz CT molecular complexity index is 679. The summed E-state index contributed by atoms with van der Waals surface area (Å²) in [7, 11) is 0. The van der Waals surface area contributed by atoms with E-state index in [1.807, 2.05) is 18.5 Å². The van der Waals surface area contributed by atoms with Crippen LogP contribution in [0.1, 0.15) is 50.1 Å². The Morgan fingerprint density at radius 2 is 1.96 bits per heavy atom. The van der Waals surface area contributed by atoms with Crippen molar-refractivity contribution in [1.29, 1.82) is 0 Å². The van der Waals surface area contributed by atoms with Crippen LogP contribution in [0.3, 0.4) is 0 Å². The van der Waals surface area contributed by atoms with Crippen LogP contribution < -0.4 is 11.1 Å². The van der Waals surface area contributed by atoms with Crippen molar-refractivity contribution in [2.45, 2.75) is 66.0 Å². The van der Waals surface area contributed by atoms with Gasteiger partial charge in [-0.3, -0.25) is 14.3 Å². The van der Waals surface area contributed by atoms with Crippen LogP contribution >= 0.6 is 0 Å². The molecule has 2 aliphatic carbocycles. The lowest BCUT2D eigenvalue weighted by Crippen LogP contribution is -2.49. The number of hydrogen-bond donors (Lipinski definition) is 2. The van der Waals surface area contributed by atoms with E-state index in [1.54, 1.807) is 0 Å². The zero-order valence-electron chi connectivity index (χ0n) is 15.7. The van der Waals surface area contributed by atoms with Gasteiger partial charge in [-0.2, -0.15) is 5.10 Å². The summed E-state index contributed by atoms with van der Waals surface area (Å²) in [6, 6.07) is -0.0879. The molecular formula is C19H30N4O2. The molecule has 0 aliphatic heterocycles. The van der Waals surface area contributed by atoms with Crippen LogP contribution in [-0.2, 0) is 22.6 Å². The zero-order chi connectivity index (χ0) is 18.3. The highest BCUT2D eigenvalue weighted by atomic mass is 16.2. The third-order valence-electron chi connectivity index (χ3n) is 5.98. The van der Waals surface area contributed by atoms with Crippen LogP contribution in [0.25, 0.3) is 0 Å². The van der Waals surface area contributed by atoms with Gasteiger partial charge in [-0.1, -0.05) is 13.8 Å². The summed E-state index contributed by atoms with van der Waals surface area (Å²) in [5, 5.41) is 7.70. The number of nitrogens with two attached hydrogens (primary N) is 1. The summed E-state index contributed by atoms with van der Waals surface area (Å²) in [5.74, 6) is 0.759. The highest BCUT2D eigenvalue weighted by Crippen LogP contribution is 2.48. The van der Waals surface area contributed by atoms with Crippen molar-refractivity contribution in [3.8, 4) is 0 Å². The molecule has 2 bridgehead atoms. The van der Waals surface area contributed by atoms with Crippen LogP contribution in [-0.4, -0.2) is 27.6 Å². The fourth-order valence-corrected chi connectivity index (χ4v) is 4.82. The molecule has 4 atom stereocenters. The molecule has 3 N–H and O–H groups in total. The molecule has 2 saturated carbocycles. The Balaban J connectivity index is 1.69. The fourth-order valence-electron chi connectivity index (χ4n) is 4.82. The Labute approximate surface area is 149 Å². The van der Waals surface area contributed by atoms with E-state index in [1.165, 1.54) is 0 Å². The molecule has 6 nitrogen and oxygen atoms in total. The van der Waals surface area contributed by atoms with Crippen molar-refractivity contribution in [2.24, 2.45) is 29.4 Å². The van der Waals surface area contributed by atoms with E-state index < -0.39 is 0 Å². The van der Waals surface area contributed by atoms with Gasteiger partial charge in [0.15, 0.2) is 0 Å². The Morgan fingerprint density at radius 1 is 1.28 bits per heavy atom. The molecule has 3 rings (SSSR count). The van der Waals surface area contributed by atoms with Crippen LogP contribution in [0.4, 0.5) is 0 Å². The monoisotopic (exact) mass is 346 g/mol. The molecule has 25 heavy (non-hydrogen) atoms. The maximum Gasteiger partial charge on any atom is 0.224 e. The van der Waals surface area contributed by atoms with Gasteiger partial charge >= 0.3 is 0 Å². The zero-order valence-corrected chi connectivity index (χ0v) is 15.7. The molecule has 2 fully saturated rings. The van der Waals surface area contributed by atoms with Gasteiger partial charge in [-0.05, 0) is 50.9 Å². The number of hydrogen-bond acceptors (Lipinski definition) is 3. The number of nitrogens with zero attached hydrogens (tertiary/aromatic N) is 2. The largest absolute Gasteiger partial charge is 0.369 e. The number of carbonyl (C=O) groups is 2. The van der Waals surface area contributed by atoms with E-state index in [0.717, 1.165) is 42.8 Å². The molecule has 1 aromatic heterocycles. The van der Waals surface area contributed by atoms with E-state index in [9.17, 15) is 9.59 Å². The summed E-state index contributed by atoms with van der Waals surface area (Å²) in [6.45, 7) is 9.14. The lowest BCUT2D eigenvalue weighted by Gasteiger charge is -2.29. The van der Waals surface area contributed by atoms with Crippen LogP contribution in [0.15, 0.2) is 0 Å². The average molecular weight is 346 g/mol. The second kappa shape index (κ2) is 6.81. The first-order valence-electron chi connectivity index (χ1n) is 9.39. The van der Waals surface area contributed by atoms with Crippen molar-refractivity contribution in [3.05, 3.63) is 17.0 Å². The molecule has 6 heteroatoms. The van der Waals surface area contributed by atoms with E-state index in [-0.39, 0.29) is 23.8 Å².